The van der Waals surface area contributed by atoms with E-state index in [0.717, 1.165) is 0 Å². The zero-order valence-corrected chi connectivity index (χ0v) is 8.15. The van der Waals surface area contributed by atoms with Gasteiger partial charge in [0.25, 0.3) is 5.91 Å². The lowest BCUT2D eigenvalue weighted by molar-refractivity contribution is -0.131. The third kappa shape index (κ3) is 1.36. The zero-order valence-electron chi connectivity index (χ0n) is 8.15. The molecular formula is C9H11N3O3. The van der Waals surface area contributed by atoms with Crippen LogP contribution in [0, 0.1) is 11.3 Å². The van der Waals surface area contributed by atoms with E-state index in [2.05, 4.69) is 5.32 Å². The Labute approximate surface area is 86.8 Å². The lowest BCUT2D eigenvalue weighted by Gasteiger charge is -2.36. The van der Waals surface area contributed by atoms with Gasteiger partial charge < -0.3 is 4.74 Å². The summed E-state index contributed by atoms with van der Waals surface area (Å²) in [6, 6.07) is 1.44. The summed E-state index contributed by atoms with van der Waals surface area (Å²) < 4.78 is 5.17. The van der Waals surface area contributed by atoms with Crippen molar-refractivity contribution in [3.05, 3.63) is 0 Å². The molecule has 2 saturated heterocycles. The van der Waals surface area contributed by atoms with Crippen molar-refractivity contribution in [1.82, 2.24) is 10.2 Å². The van der Waals surface area contributed by atoms with Crippen molar-refractivity contribution in [2.45, 2.75) is 18.4 Å². The van der Waals surface area contributed by atoms with Crippen molar-refractivity contribution >= 4 is 11.9 Å². The van der Waals surface area contributed by atoms with Crippen LogP contribution in [0.5, 0.6) is 0 Å². The predicted octanol–water partition coefficient (Wildman–Crippen LogP) is -0.389. The fraction of sp³-hybridized carbons (Fsp3) is 0.667. The average Bonchev–Trinajstić information content (AvgIpc) is 2.45. The van der Waals surface area contributed by atoms with Crippen molar-refractivity contribution in [2.75, 3.05) is 19.8 Å². The lowest BCUT2D eigenvalue weighted by atomic mass is 9.89. The second-order valence-electron chi connectivity index (χ2n) is 3.65. The van der Waals surface area contributed by atoms with E-state index in [1.807, 2.05) is 6.07 Å². The number of hydrogen-bond acceptors (Lipinski definition) is 4. The van der Waals surface area contributed by atoms with E-state index in [1.54, 1.807) is 0 Å². The van der Waals surface area contributed by atoms with Gasteiger partial charge in [0.1, 0.15) is 12.1 Å². The fourth-order valence-corrected chi connectivity index (χ4v) is 2.10. The van der Waals surface area contributed by atoms with Crippen molar-refractivity contribution in [3.63, 3.8) is 0 Å². The van der Waals surface area contributed by atoms with Gasteiger partial charge in [0, 0.05) is 26.1 Å². The van der Waals surface area contributed by atoms with E-state index in [-0.39, 0.29) is 12.5 Å². The number of imide groups is 1. The Hall–Kier alpha value is -1.61. The van der Waals surface area contributed by atoms with Gasteiger partial charge in [-0.05, 0) is 0 Å². The Kier molecular flexibility index (Phi) is 2.32. The molecule has 2 fully saturated rings. The molecule has 0 bridgehead atoms. The number of carbonyl (C=O) groups is 2. The molecule has 3 amide bonds. The monoisotopic (exact) mass is 209 g/mol. The summed E-state index contributed by atoms with van der Waals surface area (Å²) in [6.07, 6.45) is 0.929. The molecule has 80 valence electrons. The van der Waals surface area contributed by atoms with E-state index >= 15 is 0 Å². The largest absolute Gasteiger partial charge is 0.381 e. The van der Waals surface area contributed by atoms with Crippen molar-refractivity contribution in [2.24, 2.45) is 0 Å². The van der Waals surface area contributed by atoms with Gasteiger partial charge in [0.2, 0.25) is 0 Å². The SMILES string of the molecule is N#CCN1C(=O)NC(=O)C12CCOCC2. The number of rotatable bonds is 1. The molecule has 1 N–H and O–H groups in total. The van der Waals surface area contributed by atoms with Crippen LogP contribution < -0.4 is 5.32 Å². The predicted molar refractivity (Wildman–Crippen MR) is 48.6 cm³/mol. The molecule has 0 unspecified atom stereocenters. The van der Waals surface area contributed by atoms with Crippen LogP contribution in [-0.4, -0.2) is 42.1 Å². The molecule has 2 heterocycles. The minimum Gasteiger partial charge on any atom is -0.381 e. The van der Waals surface area contributed by atoms with Gasteiger partial charge in [-0.2, -0.15) is 5.26 Å². The minimum atomic E-state index is -0.842. The van der Waals surface area contributed by atoms with E-state index in [0.29, 0.717) is 26.1 Å². The van der Waals surface area contributed by atoms with Gasteiger partial charge in [-0.25, -0.2) is 4.79 Å². The first-order valence-electron chi connectivity index (χ1n) is 4.78. The van der Waals surface area contributed by atoms with Gasteiger partial charge in [0.15, 0.2) is 0 Å². The number of nitrogens with zero attached hydrogens (tertiary/aromatic N) is 2. The average molecular weight is 209 g/mol. The van der Waals surface area contributed by atoms with Crippen molar-refractivity contribution < 1.29 is 14.3 Å². The highest BCUT2D eigenvalue weighted by atomic mass is 16.5. The van der Waals surface area contributed by atoms with E-state index in [1.165, 1.54) is 4.90 Å². The number of nitrogens with one attached hydrogen (secondary N) is 1. The smallest absolute Gasteiger partial charge is 0.325 e. The Morgan fingerprint density at radius 3 is 2.73 bits per heavy atom. The Morgan fingerprint density at radius 1 is 1.47 bits per heavy atom. The normalized spacial score (nSPS) is 24.1. The second-order valence-corrected chi connectivity index (χ2v) is 3.65. The van der Waals surface area contributed by atoms with Crippen LogP contribution in [0.1, 0.15) is 12.8 Å². The second kappa shape index (κ2) is 3.51. The van der Waals surface area contributed by atoms with Crippen LogP contribution in [-0.2, 0) is 9.53 Å². The molecule has 0 atom stereocenters. The summed E-state index contributed by atoms with van der Waals surface area (Å²) in [5.41, 5.74) is -0.842. The van der Waals surface area contributed by atoms with Crippen LogP contribution in [0.2, 0.25) is 0 Å². The van der Waals surface area contributed by atoms with Gasteiger partial charge in [0.05, 0.1) is 6.07 Å². The number of amides is 3. The molecule has 15 heavy (non-hydrogen) atoms. The number of nitriles is 1. The number of ether oxygens (including phenoxy) is 1. The highest BCUT2D eigenvalue weighted by Gasteiger charge is 2.53. The number of urea groups is 1. The molecule has 1 spiro atoms. The third-order valence-corrected chi connectivity index (χ3v) is 2.95. The van der Waals surface area contributed by atoms with Gasteiger partial charge >= 0.3 is 6.03 Å². The maximum Gasteiger partial charge on any atom is 0.325 e. The first kappa shape index (κ1) is 9.93. The van der Waals surface area contributed by atoms with Crippen LogP contribution in [0.4, 0.5) is 4.79 Å². The molecule has 0 aromatic heterocycles. The van der Waals surface area contributed by atoms with Gasteiger partial charge in [-0.3, -0.25) is 15.0 Å². The molecule has 6 heteroatoms. The Morgan fingerprint density at radius 2 is 2.13 bits per heavy atom. The van der Waals surface area contributed by atoms with Crippen LogP contribution in [0.25, 0.3) is 0 Å². The summed E-state index contributed by atoms with van der Waals surface area (Å²) in [5, 5.41) is 10.9. The third-order valence-electron chi connectivity index (χ3n) is 2.95. The maximum atomic E-state index is 11.7. The Balaban J connectivity index is 2.29. The first-order chi connectivity index (χ1) is 7.20. The van der Waals surface area contributed by atoms with Crippen LogP contribution in [0.3, 0.4) is 0 Å². The zero-order chi connectivity index (χ0) is 10.9. The van der Waals surface area contributed by atoms with Crippen molar-refractivity contribution in [1.29, 1.82) is 5.26 Å². The first-order valence-corrected chi connectivity index (χ1v) is 4.78. The van der Waals surface area contributed by atoms with E-state index < -0.39 is 11.6 Å². The topological polar surface area (TPSA) is 82.4 Å². The molecule has 0 aromatic rings. The standard InChI is InChI=1S/C9H11N3O3/c10-3-4-12-8(14)11-7(13)9(12)1-5-15-6-2-9/h1-2,4-6H2,(H,11,13,14). The molecule has 6 nitrogen and oxygen atoms in total. The number of hydrogen-bond donors (Lipinski definition) is 1. The quantitative estimate of drug-likeness (QED) is 0.471. The molecular weight excluding hydrogens is 198 g/mol. The summed E-state index contributed by atoms with van der Waals surface area (Å²) in [7, 11) is 0. The molecule has 0 aromatic carbocycles. The minimum absolute atomic E-state index is 0.0580. The molecule has 0 aliphatic carbocycles. The summed E-state index contributed by atoms with van der Waals surface area (Å²) in [6.45, 7) is 0.836. The summed E-state index contributed by atoms with van der Waals surface area (Å²) >= 11 is 0. The molecule has 0 saturated carbocycles. The Bertz CT molecular complexity index is 341. The maximum absolute atomic E-state index is 11.7. The van der Waals surface area contributed by atoms with Gasteiger partial charge in [-0.1, -0.05) is 0 Å². The number of carbonyl (C=O) groups excluding carboxylic acids is 2. The molecule has 2 aliphatic heterocycles. The van der Waals surface area contributed by atoms with Crippen LogP contribution in [0.15, 0.2) is 0 Å². The highest BCUT2D eigenvalue weighted by Crippen LogP contribution is 2.31. The van der Waals surface area contributed by atoms with Crippen molar-refractivity contribution in [3.8, 4) is 6.07 Å². The van der Waals surface area contributed by atoms with E-state index in [9.17, 15) is 9.59 Å². The van der Waals surface area contributed by atoms with Gasteiger partial charge in [-0.15, -0.1) is 0 Å². The summed E-state index contributed by atoms with van der Waals surface area (Å²) in [5.74, 6) is -0.300. The molecule has 0 radical (unpaired) electrons. The molecule has 2 aliphatic rings. The fourth-order valence-electron chi connectivity index (χ4n) is 2.10. The highest BCUT2D eigenvalue weighted by molar-refractivity contribution is 6.07. The summed E-state index contributed by atoms with van der Waals surface area (Å²) in [4.78, 5) is 24.5. The van der Waals surface area contributed by atoms with E-state index in [4.69, 9.17) is 10.00 Å². The molecule has 2 rings (SSSR count). The van der Waals surface area contributed by atoms with Crippen LogP contribution >= 0.6 is 0 Å². The lowest BCUT2D eigenvalue weighted by Crippen LogP contribution is -2.53.